The predicted octanol–water partition coefficient (Wildman–Crippen LogP) is 1.91. The molecule has 1 aromatic carbocycles. The Morgan fingerprint density at radius 1 is 1.17 bits per heavy atom. The van der Waals surface area contributed by atoms with Crippen molar-refractivity contribution < 1.29 is 9.59 Å². The molecule has 0 saturated heterocycles. The highest BCUT2D eigenvalue weighted by Gasteiger charge is 2.15. The average Bonchev–Trinajstić information content (AvgIpc) is 2.73. The second kappa shape index (κ2) is 11.4. The van der Waals surface area contributed by atoms with Gasteiger partial charge in [-0.3, -0.25) is 9.78 Å². The van der Waals surface area contributed by atoms with Crippen LogP contribution in [0.1, 0.15) is 16.1 Å². The molecule has 9 heteroatoms. The van der Waals surface area contributed by atoms with Crippen molar-refractivity contribution in [3.63, 3.8) is 0 Å². The highest BCUT2D eigenvalue weighted by atomic mass is 16.2. The number of para-hydroxylation sites is 2. The molecule has 0 radical (unpaired) electrons. The number of nitrogens with two attached hydrogens (primary N) is 1. The fraction of sp³-hybridized carbons (Fsp3) is 0.333. The molecule has 0 aliphatic carbocycles. The maximum absolute atomic E-state index is 12.4. The van der Waals surface area contributed by atoms with Crippen LogP contribution < -0.4 is 16.4 Å². The number of benzene rings is 1. The molecule has 0 aliphatic heterocycles. The lowest BCUT2D eigenvalue weighted by molar-refractivity contribution is 0.102. The minimum atomic E-state index is -0.360. The largest absolute Gasteiger partial charge is 0.397 e. The third kappa shape index (κ3) is 7.07. The second-order valence-corrected chi connectivity index (χ2v) is 6.93. The number of amides is 3. The van der Waals surface area contributed by atoms with Gasteiger partial charge in [0, 0.05) is 25.8 Å². The van der Waals surface area contributed by atoms with Crippen molar-refractivity contribution >= 4 is 23.3 Å². The van der Waals surface area contributed by atoms with E-state index < -0.39 is 0 Å². The van der Waals surface area contributed by atoms with Crippen LogP contribution in [-0.2, 0) is 6.54 Å². The van der Waals surface area contributed by atoms with Gasteiger partial charge < -0.3 is 31.0 Å². The first-order valence-electron chi connectivity index (χ1n) is 9.52. The molecule has 9 nitrogen and oxygen atoms in total. The molecule has 4 N–H and O–H groups in total. The number of nitrogen functional groups attached to an aromatic ring is 1. The van der Waals surface area contributed by atoms with Gasteiger partial charge in [-0.05, 0) is 37.9 Å². The van der Waals surface area contributed by atoms with E-state index in [2.05, 4.69) is 20.5 Å². The number of nitrogens with one attached hydrogen (secondary N) is 2. The summed E-state index contributed by atoms with van der Waals surface area (Å²) in [6, 6.07) is 10.2. The molecular formula is C21H27N7O2. The number of hydrogen-bond acceptors (Lipinski definition) is 5. The predicted molar refractivity (Wildman–Crippen MR) is 117 cm³/mol. The van der Waals surface area contributed by atoms with E-state index in [9.17, 15) is 9.59 Å². The van der Waals surface area contributed by atoms with Crippen molar-refractivity contribution in [2.45, 2.75) is 6.54 Å². The Labute approximate surface area is 176 Å². The molecule has 0 fully saturated rings. The molecule has 2 rings (SSSR count). The van der Waals surface area contributed by atoms with Gasteiger partial charge >= 0.3 is 6.03 Å². The van der Waals surface area contributed by atoms with Crippen molar-refractivity contribution in [1.82, 2.24) is 20.1 Å². The van der Waals surface area contributed by atoms with Crippen LogP contribution in [0.25, 0.3) is 4.85 Å². The van der Waals surface area contributed by atoms with Gasteiger partial charge in [0.05, 0.1) is 17.9 Å². The Bertz CT molecular complexity index is 891. The lowest BCUT2D eigenvalue weighted by atomic mass is 10.2. The summed E-state index contributed by atoms with van der Waals surface area (Å²) in [7, 11) is 3.87. The summed E-state index contributed by atoms with van der Waals surface area (Å²) in [5.41, 5.74) is 7.90. The first-order chi connectivity index (χ1) is 14.4. The highest BCUT2D eigenvalue weighted by molar-refractivity contribution is 6.04. The molecule has 0 saturated carbocycles. The number of carbonyl (C=O) groups excluding carboxylic acids is 2. The Kier molecular flexibility index (Phi) is 8.59. The van der Waals surface area contributed by atoms with Crippen molar-refractivity contribution in [3.8, 4) is 0 Å². The fourth-order valence-electron chi connectivity index (χ4n) is 2.57. The summed E-state index contributed by atoms with van der Waals surface area (Å²) in [6.45, 7) is 8.92. The van der Waals surface area contributed by atoms with Crippen LogP contribution in [-0.4, -0.2) is 67.0 Å². The van der Waals surface area contributed by atoms with E-state index in [1.165, 1.54) is 0 Å². The van der Waals surface area contributed by atoms with Gasteiger partial charge in [0.15, 0.2) is 0 Å². The second-order valence-electron chi connectivity index (χ2n) is 6.93. The molecule has 0 bridgehead atoms. The van der Waals surface area contributed by atoms with Crippen LogP contribution in [0.3, 0.4) is 0 Å². The molecule has 158 valence electrons. The first-order valence-corrected chi connectivity index (χ1v) is 9.52. The van der Waals surface area contributed by atoms with E-state index >= 15 is 0 Å². The van der Waals surface area contributed by atoms with Crippen LogP contribution in [0.5, 0.6) is 0 Å². The molecule has 1 heterocycles. The number of aromatic nitrogens is 1. The molecule has 1 aromatic heterocycles. The van der Waals surface area contributed by atoms with Crippen LogP contribution in [0.2, 0.25) is 0 Å². The Morgan fingerprint density at radius 2 is 1.93 bits per heavy atom. The van der Waals surface area contributed by atoms with Gasteiger partial charge in [-0.15, -0.1) is 0 Å². The quantitative estimate of drug-likeness (QED) is 0.333. The fourth-order valence-corrected chi connectivity index (χ4v) is 2.57. The van der Waals surface area contributed by atoms with Gasteiger partial charge in [-0.25, -0.2) is 11.4 Å². The molecule has 3 amide bonds. The SMILES string of the molecule is [C-]#[N+]CCNC(=O)N(CCN(C)C)Cc1ccc(C(=O)Nc2ccccc2N)nc1. The van der Waals surface area contributed by atoms with E-state index in [-0.39, 0.29) is 24.2 Å². The van der Waals surface area contributed by atoms with Crippen molar-refractivity contribution in [2.24, 2.45) is 0 Å². The topological polar surface area (TPSA) is 108 Å². The molecule has 30 heavy (non-hydrogen) atoms. The van der Waals surface area contributed by atoms with Crippen molar-refractivity contribution in [2.75, 3.05) is 51.3 Å². The van der Waals surface area contributed by atoms with Gasteiger partial charge in [0.1, 0.15) is 5.69 Å². The third-order valence-electron chi connectivity index (χ3n) is 4.24. The molecule has 0 atom stereocenters. The lowest BCUT2D eigenvalue weighted by Gasteiger charge is -2.24. The number of nitrogens with zero attached hydrogens (tertiary/aromatic N) is 4. The maximum atomic E-state index is 12.4. The molecule has 0 spiro atoms. The van der Waals surface area contributed by atoms with Crippen LogP contribution >= 0.6 is 0 Å². The minimum absolute atomic E-state index is 0.234. The minimum Gasteiger partial charge on any atom is -0.397 e. The average molecular weight is 409 g/mol. The first kappa shape index (κ1) is 22.6. The third-order valence-corrected chi connectivity index (χ3v) is 4.24. The van der Waals surface area contributed by atoms with Crippen LogP contribution in [0.15, 0.2) is 42.6 Å². The van der Waals surface area contributed by atoms with E-state index in [1.54, 1.807) is 47.5 Å². The van der Waals surface area contributed by atoms with Crippen molar-refractivity contribution in [1.29, 1.82) is 0 Å². The molecule has 0 aliphatic rings. The zero-order valence-electron chi connectivity index (χ0n) is 17.3. The Balaban J connectivity index is 2.02. The molecule has 0 unspecified atom stereocenters. The smallest absolute Gasteiger partial charge is 0.318 e. The zero-order chi connectivity index (χ0) is 21.9. The summed E-state index contributed by atoms with van der Waals surface area (Å²) in [5.74, 6) is -0.360. The summed E-state index contributed by atoms with van der Waals surface area (Å²) < 4.78 is 0. The molecular weight excluding hydrogens is 382 g/mol. The number of pyridine rings is 1. The number of likely N-dealkylation sites (N-methyl/N-ethyl adjacent to an activating group) is 1. The Hall–Kier alpha value is -3.64. The highest BCUT2D eigenvalue weighted by Crippen LogP contribution is 2.17. The summed E-state index contributed by atoms with van der Waals surface area (Å²) in [6.07, 6.45) is 1.58. The van der Waals surface area contributed by atoms with E-state index in [0.717, 1.165) is 5.56 Å². The number of rotatable bonds is 9. The Morgan fingerprint density at radius 3 is 2.57 bits per heavy atom. The lowest BCUT2D eigenvalue weighted by Crippen LogP contribution is -2.43. The number of hydrogen-bond donors (Lipinski definition) is 3. The van der Waals surface area contributed by atoms with E-state index in [0.29, 0.717) is 37.6 Å². The maximum Gasteiger partial charge on any atom is 0.318 e. The van der Waals surface area contributed by atoms with Gasteiger partial charge in [-0.2, -0.15) is 0 Å². The van der Waals surface area contributed by atoms with E-state index in [4.69, 9.17) is 12.3 Å². The van der Waals surface area contributed by atoms with E-state index in [1.807, 2.05) is 19.0 Å². The van der Waals surface area contributed by atoms with Gasteiger partial charge in [-0.1, -0.05) is 18.2 Å². The number of anilines is 2. The number of carbonyl (C=O) groups is 2. The van der Waals surface area contributed by atoms with Crippen molar-refractivity contribution in [3.05, 3.63) is 65.3 Å². The molecule has 2 aromatic rings. The van der Waals surface area contributed by atoms with Gasteiger partial charge in [0.25, 0.3) is 5.91 Å². The van der Waals surface area contributed by atoms with Crippen LogP contribution in [0.4, 0.5) is 16.2 Å². The standard InChI is InChI=1S/C21H27N7O2/c1-23-10-11-24-21(30)28(13-12-27(2)3)15-16-8-9-19(25-14-16)20(29)26-18-7-5-4-6-17(18)22/h4-9,14H,10-13,15,22H2,2-3H3,(H,24,30)(H,26,29). The zero-order valence-corrected chi connectivity index (χ0v) is 17.3. The monoisotopic (exact) mass is 409 g/mol. The normalized spacial score (nSPS) is 10.3. The summed E-state index contributed by atoms with van der Waals surface area (Å²) in [5, 5.41) is 5.48. The summed E-state index contributed by atoms with van der Waals surface area (Å²) >= 11 is 0. The van der Waals surface area contributed by atoms with Gasteiger partial charge in [0.2, 0.25) is 6.54 Å². The van der Waals surface area contributed by atoms with Crippen LogP contribution in [0, 0.1) is 6.57 Å². The number of urea groups is 1. The summed E-state index contributed by atoms with van der Waals surface area (Å²) in [4.78, 5) is 36.0.